The van der Waals surface area contributed by atoms with Gasteiger partial charge in [0, 0.05) is 41.1 Å². The summed E-state index contributed by atoms with van der Waals surface area (Å²) in [4.78, 5) is 11.5. The molecule has 0 spiro atoms. The van der Waals surface area contributed by atoms with Crippen molar-refractivity contribution in [1.82, 2.24) is 4.57 Å². The number of nitrogens with zero attached hydrogens (tertiary/aromatic N) is 1. The Bertz CT molecular complexity index is 754. The fourth-order valence-electron chi connectivity index (χ4n) is 2.64. The summed E-state index contributed by atoms with van der Waals surface area (Å²) >= 11 is 0. The van der Waals surface area contributed by atoms with Crippen LogP contribution < -0.4 is 5.32 Å². The molecule has 2 aromatic rings. The summed E-state index contributed by atoms with van der Waals surface area (Å²) in [6, 6.07) is 4.32. The van der Waals surface area contributed by atoms with Crippen molar-refractivity contribution in [3.8, 4) is 0 Å². The van der Waals surface area contributed by atoms with Crippen LogP contribution in [-0.4, -0.2) is 17.1 Å². The third-order valence-corrected chi connectivity index (χ3v) is 4.11. The molecule has 0 fully saturated rings. The molecular formula is C18H24N2O2. The van der Waals surface area contributed by atoms with E-state index in [0.29, 0.717) is 6.61 Å². The Morgan fingerprint density at radius 1 is 1.32 bits per heavy atom. The summed E-state index contributed by atoms with van der Waals surface area (Å²) in [7, 11) is 2.09. The Hall–Kier alpha value is -2.23. The Balaban J connectivity index is 2.38. The van der Waals surface area contributed by atoms with Crippen LogP contribution in [0.2, 0.25) is 0 Å². The lowest BCUT2D eigenvalue weighted by Crippen LogP contribution is -2.05. The second-order valence-electron chi connectivity index (χ2n) is 5.66. The minimum absolute atomic E-state index is 0.321. The van der Waals surface area contributed by atoms with E-state index in [9.17, 15) is 4.79 Å². The normalized spacial score (nSPS) is 11.8. The first-order chi connectivity index (χ1) is 10.3. The molecule has 0 aliphatic rings. The number of allylic oxidation sites excluding steroid dienone is 1. The number of carbonyl (C=O) groups is 1. The molecule has 0 atom stereocenters. The van der Waals surface area contributed by atoms with Crippen molar-refractivity contribution in [3.63, 3.8) is 0 Å². The van der Waals surface area contributed by atoms with Gasteiger partial charge in [-0.2, -0.15) is 0 Å². The van der Waals surface area contributed by atoms with Gasteiger partial charge in [0.2, 0.25) is 0 Å². The molecule has 0 unspecified atom stereocenters. The summed E-state index contributed by atoms with van der Waals surface area (Å²) < 4.78 is 7.14. The van der Waals surface area contributed by atoms with E-state index in [1.165, 1.54) is 28.2 Å². The van der Waals surface area contributed by atoms with Crippen LogP contribution in [0.4, 0.5) is 5.69 Å². The summed E-state index contributed by atoms with van der Waals surface area (Å²) in [5, 5.41) is 4.53. The number of anilines is 1. The minimum Gasteiger partial charge on any atom is -0.463 e. The fourth-order valence-corrected chi connectivity index (χ4v) is 2.64. The number of rotatable bonds is 4. The smallest absolute Gasteiger partial charge is 0.332 e. The summed E-state index contributed by atoms with van der Waals surface area (Å²) in [5.74, 6) is -0.321. The first kappa shape index (κ1) is 16.1. The average molecular weight is 300 g/mol. The Labute approximate surface area is 131 Å². The fraction of sp³-hybridized carbons (Fsp3) is 0.389. The molecule has 1 N–H and O–H groups in total. The number of nitrogens with one attached hydrogen (secondary N) is 1. The molecule has 118 valence electrons. The maximum Gasteiger partial charge on any atom is 0.332 e. The number of hydrogen-bond donors (Lipinski definition) is 1. The van der Waals surface area contributed by atoms with E-state index in [1.807, 2.05) is 6.92 Å². The Kier molecular flexibility index (Phi) is 4.59. The van der Waals surface area contributed by atoms with E-state index in [-0.39, 0.29) is 5.97 Å². The van der Waals surface area contributed by atoms with Gasteiger partial charge in [-0.15, -0.1) is 0 Å². The molecule has 0 aliphatic carbocycles. The van der Waals surface area contributed by atoms with Gasteiger partial charge in [0.1, 0.15) is 0 Å². The molecule has 1 aromatic carbocycles. The molecule has 0 radical (unpaired) electrons. The molecule has 0 bridgehead atoms. The summed E-state index contributed by atoms with van der Waals surface area (Å²) in [5.41, 5.74) is 6.71. The molecule has 1 heterocycles. The van der Waals surface area contributed by atoms with Gasteiger partial charge in [-0.05, 0) is 57.9 Å². The van der Waals surface area contributed by atoms with Crippen molar-refractivity contribution in [2.75, 3.05) is 11.9 Å². The van der Waals surface area contributed by atoms with Crippen LogP contribution in [0.5, 0.6) is 0 Å². The second-order valence-corrected chi connectivity index (χ2v) is 5.66. The third-order valence-electron chi connectivity index (χ3n) is 4.11. The minimum atomic E-state index is -0.321. The van der Waals surface area contributed by atoms with Crippen molar-refractivity contribution in [2.24, 2.45) is 7.05 Å². The third kappa shape index (κ3) is 3.01. The Morgan fingerprint density at radius 2 is 2.00 bits per heavy atom. The van der Waals surface area contributed by atoms with Crippen LogP contribution >= 0.6 is 0 Å². The van der Waals surface area contributed by atoms with Gasteiger partial charge in [-0.25, -0.2) is 4.79 Å². The van der Waals surface area contributed by atoms with E-state index in [4.69, 9.17) is 4.74 Å². The molecule has 0 saturated heterocycles. The summed E-state index contributed by atoms with van der Waals surface area (Å²) in [6.07, 6.45) is 1.48. The zero-order chi connectivity index (χ0) is 16.4. The average Bonchev–Trinajstić information content (AvgIpc) is 2.64. The highest BCUT2D eigenvalue weighted by Crippen LogP contribution is 2.30. The van der Waals surface area contributed by atoms with E-state index < -0.39 is 0 Å². The highest BCUT2D eigenvalue weighted by atomic mass is 16.5. The molecule has 22 heavy (non-hydrogen) atoms. The second kappa shape index (κ2) is 6.26. The lowest BCUT2D eigenvalue weighted by atomic mass is 10.1. The standard InChI is InChI=1S/C18H24N2O2/c1-7-22-18(21)9-12(3)19-16-10-15-13(4)14(5)20(6)17(15)8-11(16)2/h8-10,19H,7H2,1-6H3/b12-9-. The van der Waals surface area contributed by atoms with Gasteiger partial charge in [-0.1, -0.05) is 0 Å². The van der Waals surface area contributed by atoms with Crippen molar-refractivity contribution in [3.05, 3.63) is 40.7 Å². The Morgan fingerprint density at radius 3 is 2.64 bits per heavy atom. The van der Waals surface area contributed by atoms with Crippen molar-refractivity contribution >= 4 is 22.6 Å². The number of aromatic nitrogens is 1. The number of carbonyl (C=O) groups excluding carboxylic acids is 1. The number of benzene rings is 1. The van der Waals surface area contributed by atoms with Gasteiger partial charge in [0.05, 0.1) is 6.61 Å². The molecule has 4 heteroatoms. The highest BCUT2D eigenvalue weighted by Gasteiger charge is 2.11. The van der Waals surface area contributed by atoms with Gasteiger partial charge < -0.3 is 14.6 Å². The SMILES string of the molecule is CCOC(=O)/C=C(/C)Nc1cc2c(C)c(C)n(C)c2cc1C. The van der Waals surface area contributed by atoms with Gasteiger partial charge >= 0.3 is 5.97 Å². The predicted octanol–water partition coefficient (Wildman–Crippen LogP) is 3.98. The number of aryl methyl sites for hydroxylation is 3. The van der Waals surface area contributed by atoms with Crippen molar-refractivity contribution < 1.29 is 9.53 Å². The van der Waals surface area contributed by atoms with Crippen LogP contribution in [0, 0.1) is 20.8 Å². The van der Waals surface area contributed by atoms with Gasteiger partial charge in [0.15, 0.2) is 0 Å². The molecule has 0 saturated carbocycles. The van der Waals surface area contributed by atoms with Gasteiger partial charge in [-0.3, -0.25) is 0 Å². The number of hydrogen-bond acceptors (Lipinski definition) is 3. The first-order valence-corrected chi connectivity index (χ1v) is 7.53. The predicted molar refractivity (Wildman–Crippen MR) is 91.1 cm³/mol. The molecular weight excluding hydrogens is 276 g/mol. The van der Waals surface area contributed by atoms with Crippen molar-refractivity contribution in [1.29, 1.82) is 0 Å². The maximum absolute atomic E-state index is 11.5. The van der Waals surface area contributed by atoms with E-state index in [0.717, 1.165) is 16.9 Å². The number of esters is 1. The largest absolute Gasteiger partial charge is 0.463 e. The highest BCUT2D eigenvalue weighted by molar-refractivity contribution is 5.90. The molecule has 2 rings (SSSR count). The molecule has 4 nitrogen and oxygen atoms in total. The zero-order valence-electron chi connectivity index (χ0n) is 14.2. The zero-order valence-corrected chi connectivity index (χ0v) is 14.2. The van der Waals surface area contributed by atoms with Crippen LogP contribution in [0.1, 0.15) is 30.7 Å². The monoisotopic (exact) mass is 300 g/mol. The van der Waals surface area contributed by atoms with E-state index in [1.54, 1.807) is 6.92 Å². The lowest BCUT2D eigenvalue weighted by Gasteiger charge is -2.11. The van der Waals surface area contributed by atoms with Crippen LogP contribution in [0.3, 0.4) is 0 Å². The lowest BCUT2D eigenvalue weighted by molar-refractivity contribution is -0.137. The van der Waals surface area contributed by atoms with Crippen LogP contribution in [-0.2, 0) is 16.6 Å². The molecule has 1 aromatic heterocycles. The topological polar surface area (TPSA) is 43.3 Å². The van der Waals surface area contributed by atoms with Crippen molar-refractivity contribution in [2.45, 2.75) is 34.6 Å². The van der Waals surface area contributed by atoms with E-state index in [2.05, 4.69) is 49.8 Å². The molecule has 0 amide bonds. The first-order valence-electron chi connectivity index (χ1n) is 7.53. The quantitative estimate of drug-likeness (QED) is 0.686. The number of fused-ring (bicyclic) bond motifs is 1. The van der Waals surface area contributed by atoms with Crippen LogP contribution in [0.25, 0.3) is 10.9 Å². The van der Waals surface area contributed by atoms with Gasteiger partial charge in [0.25, 0.3) is 0 Å². The number of ether oxygens (including phenoxy) is 1. The van der Waals surface area contributed by atoms with Crippen LogP contribution in [0.15, 0.2) is 23.9 Å². The molecule has 0 aliphatic heterocycles. The maximum atomic E-state index is 11.5. The summed E-state index contributed by atoms with van der Waals surface area (Å²) in [6.45, 7) is 10.4. The van der Waals surface area contributed by atoms with E-state index >= 15 is 0 Å².